The molecule has 0 aromatic carbocycles. The lowest BCUT2D eigenvalue weighted by atomic mass is 10.2. The molecule has 0 spiro atoms. The van der Waals surface area contributed by atoms with Gasteiger partial charge in [-0.15, -0.1) is 0 Å². The Labute approximate surface area is 110 Å². The summed E-state index contributed by atoms with van der Waals surface area (Å²) in [5, 5.41) is 11.6. The van der Waals surface area contributed by atoms with Crippen LogP contribution in [0.2, 0.25) is 0 Å². The second-order valence-electron chi connectivity index (χ2n) is 4.38. The van der Waals surface area contributed by atoms with Gasteiger partial charge in [0.25, 0.3) is 0 Å². The van der Waals surface area contributed by atoms with E-state index in [-0.39, 0.29) is 29.1 Å². The lowest BCUT2D eigenvalue weighted by Crippen LogP contribution is -2.35. The molecule has 1 saturated heterocycles. The number of oxime groups is 1. The summed E-state index contributed by atoms with van der Waals surface area (Å²) < 4.78 is 23.0. The molecule has 1 aliphatic heterocycles. The molecule has 1 aromatic rings. The Morgan fingerprint density at radius 1 is 1.53 bits per heavy atom. The Morgan fingerprint density at radius 3 is 2.79 bits per heavy atom. The largest absolute Gasteiger partial charge is 0.409 e. The molecule has 1 fully saturated rings. The van der Waals surface area contributed by atoms with E-state index in [1.165, 1.54) is 12.4 Å². The highest BCUT2D eigenvalue weighted by molar-refractivity contribution is 7.91. The summed E-state index contributed by atoms with van der Waals surface area (Å²) in [4.78, 5) is 9.86. The van der Waals surface area contributed by atoms with Gasteiger partial charge in [0, 0.05) is 25.5 Å². The lowest BCUT2D eigenvalue weighted by molar-refractivity contribution is 0.318. The molecule has 104 valence electrons. The molecule has 0 saturated carbocycles. The standard InChI is InChI=1S/C10H15N5O3S/c1-15(7-2-5-19(17,18)6-7)10-8(9(11)14-16)12-3-4-13-10/h3-4,7,16H,2,5-6H2,1H3,(H2,11,14). The summed E-state index contributed by atoms with van der Waals surface area (Å²) in [7, 11) is -1.26. The van der Waals surface area contributed by atoms with Crippen LogP contribution in [0.1, 0.15) is 12.1 Å². The van der Waals surface area contributed by atoms with E-state index in [2.05, 4.69) is 15.1 Å². The molecule has 3 N–H and O–H groups in total. The van der Waals surface area contributed by atoms with Crippen molar-refractivity contribution in [3.8, 4) is 0 Å². The zero-order valence-corrected chi connectivity index (χ0v) is 11.2. The molecule has 19 heavy (non-hydrogen) atoms. The van der Waals surface area contributed by atoms with Gasteiger partial charge in [-0.25, -0.2) is 18.4 Å². The van der Waals surface area contributed by atoms with Gasteiger partial charge in [0.05, 0.1) is 11.5 Å². The molecule has 2 heterocycles. The maximum Gasteiger partial charge on any atom is 0.192 e. The minimum Gasteiger partial charge on any atom is -0.409 e. The Bertz CT molecular complexity index is 601. The van der Waals surface area contributed by atoms with Crippen molar-refractivity contribution in [2.24, 2.45) is 10.9 Å². The van der Waals surface area contributed by atoms with Crippen LogP contribution in [0.25, 0.3) is 0 Å². The van der Waals surface area contributed by atoms with Crippen LogP contribution in [0.3, 0.4) is 0 Å². The monoisotopic (exact) mass is 285 g/mol. The van der Waals surface area contributed by atoms with Crippen molar-refractivity contribution in [3.63, 3.8) is 0 Å². The number of amidine groups is 1. The maximum atomic E-state index is 11.5. The molecule has 1 aromatic heterocycles. The van der Waals surface area contributed by atoms with Gasteiger partial charge >= 0.3 is 0 Å². The third kappa shape index (κ3) is 2.75. The van der Waals surface area contributed by atoms with E-state index in [4.69, 9.17) is 10.9 Å². The van der Waals surface area contributed by atoms with Gasteiger partial charge in [-0.05, 0) is 6.42 Å². The number of nitrogens with zero attached hydrogens (tertiary/aromatic N) is 4. The number of hydrogen-bond donors (Lipinski definition) is 2. The van der Waals surface area contributed by atoms with E-state index >= 15 is 0 Å². The van der Waals surface area contributed by atoms with Crippen LogP contribution < -0.4 is 10.6 Å². The molecule has 1 aliphatic rings. The Morgan fingerprint density at radius 2 is 2.21 bits per heavy atom. The minimum atomic E-state index is -2.99. The third-order valence-electron chi connectivity index (χ3n) is 3.12. The van der Waals surface area contributed by atoms with Gasteiger partial charge < -0.3 is 15.8 Å². The quantitative estimate of drug-likeness (QED) is 0.322. The first-order valence-corrected chi connectivity index (χ1v) is 7.49. The molecular formula is C10H15N5O3S. The van der Waals surface area contributed by atoms with Gasteiger partial charge in [0.2, 0.25) is 0 Å². The van der Waals surface area contributed by atoms with Crippen LogP contribution in [0, 0.1) is 0 Å². The number of rotatable bonds is 3. The van der Waals surface area contributed by atoms with Crippen LogP contribution in [0.4, 0.5) is 5.82 Å². The van der Waals surface area contributed by atoms with E-state index in [0.717, 1.165) is 0 Å². The summed E-state index contributed by atoms with van der Waals surface area (Å²) >= 11 is 0. The molecule has 0 radical (unpaired) electrons. The van der Waals surface area contributed by atoms with Gasteiger partial charge in [-0.2, -0.15) is 0 Å². The number of anilines is 1. The highest BCUT2D eigenvalue weighted by atomic mass is 32.2. The fraction of sp³-hybridized carbons (Fsp3) is 0.500. The summed E-state index contributed by atoms with van der Waals surface area (Å²) in [5.74, 6) is 0.493. The van der Waals surface area contributed by atoms with Crippen LogP contribution in [-0.2, 0) is 9.84 Å². The Kier molecular flexibility index (Phi) is 3.56. The van der Waals surface area contributed by atoms with Crippen molar-refractivity contribution in [1.82, 2.24) is 9.97 Å². The summed E-state index contributed by atoms with van der Waals surface area (Å²) in [6.45, 7) is 0. The van der Waals surface area contributed by atoms with Gasteiger partial charge in [-0.1, -0.05) is 5.16 Å². The summed E-state index contributed by atoms with van der Waals surface area (Å²) in [6.07, 6.45) is 3.44. The fourth-order valence-corrected chi connectivity index (χ4v) is 3.84. The maximum absolute atomic E-state index is 11.5. The van der Waals surface area contributed by atoms with Crippen molar-refractivity contribution in [2.75, 3.05) is 23.5 Å². The highest BCUT2D eigenvalue weighted by Gasteiger charge is 2.32. The minimum absolute atomic E-state index is 0.0791. The van der Waals surface area contributed by atoms with Gasteiger partial charge in [0.15, 0.2) is 27.2 Å². The fourth-order valence-electron chi connectivity index (χ4n) is 2.07. The van der Waals surface area contributed by atoms with Crippen LogP contribution in [0.5, 0.6) is 0 Å². The van der Waals surface area contributed by atoms with Crippen LogP contribution in [-0.4, -0.2) is 54.0 Å². The second kappa shape index (κ2) is 5.00. The second-order valence-corrected chi connectivity index (χ2v) is 6.61. The average Bonchev–Trinajstić information content (AvgIpc) is 2.77. The van der Waals surface area contributed by atoms with E-state index in [1.54, 1.807) is 11.9 Å². The van der Waals surface area contributed by atoms with Crippen molar-refractivity contribution in [1.29, 1.82) is 0 Å². The topological polar surface area (TPSA) is 122 Å². The third-order valence-corrected chi connectivity index (χ3v) is 4.87. The zero-order valence-electron chi connectivity index (χ0n) is 10.4. The first-order chi connectivity index (χ1) is 8.94. The molecule has 0 amide bonds. The van der Waals surface area contributed by atoms with Crippen molar-refractivity contribution in [2.45, 2.75) is 12.5 Å². The van der Waals surface area contributed by atoms with E-state index in [1.807, 2.05) is 0 Å². The molecule has 9 heteroatoms. The Hall–Kier alpha value is -1.90. The SMILES string of the molecule is CN(c1nccnc1C(N)=NO)C1CCS(=O)(=O)C1. The van der Waals surface area contributed by atoms with Crippen LogP contribution in [0.15, 0.2) is 17.5 Å². The van der Waals surface area contributed by atoms with Crippen molar-refractivity contribution < 1.29 is 13.6 Å². The predicted octanol–water partition coefficient (Wildman–Crippen LogP) is -0.806. The first-order valence-electron chi connectivity index (χ1n) is 5.67. The number of hydrogen-bond acceptors (Lipinski definition) is 7. The average molecular weight is 285 g/mol. The molecule has 2 rings (SSSR count). The van der Waals surface area contributed by atoms with E-state index < -0.39 is 9.84 Å². The van der Waals surface area contributed by atoms with Gasteiger partial charge in [0.1, 0.15) is 0 Å². The van der Waals surface area contributed by atoms with E-state index in [9.17, 15) is 8.42 Å². The zero-order chi connectivity index (χ0) is 14.0. The first kappa shape index (κ1) is 13.5. The summed E-state index contributed by atoms with van der Waals surface area (Å²) in [6, 6.07) is -0.174. The van der Waals surface area contributed by atoms with E-state index in [0.29, 0.717) is 12.2 Å². The van der Waals surface area contributed by atoms with Crippen LogP contribution >= 0.6 is 0 Å². The molecule has 1 atom stereocenters. The normalized spacial score (nSPS) is 22.4. The van der Waals surface area contributed by atoms with Crippen molar-refractivity contribution >= 4 is 21.5 Å². The molecule has 0 aliphatic carbocycles. The van der Waals surface area contributed by atoms with Crippen molar-refractivity contribution in [3.05, 3.63) is 18.1 Å². The highest BCUT2D eigenvalue weighted by Crippen LogP contribution is 2.22. The lowest BCUT2D eigenvalue weighted by Gasteiger charge is -2.25. The smallest absolute Gasteiger partial charge is 0.192 e. The molecule has 8 nitrogen and oxygen atoms in total. The number of aromatic nitrogens is 2. The number of nitrogens with two attached hydrogens (primary N) is 1. The molecule has 0 bridgehead atoms. The van der Waals surface area contributed by atoms with Gasteiger partial charge in [-0.3, -0.25) is 0 Å². The number of sulfone groups is 1. The molecular weight excluding hydrogens is 270 g/mol. The predicted molar refractivity (Wildman–Crippen MR) is 70.0 cm³/mol. The Balaban J connectivity index is 2.32. The summed E-state index contributed by atoms with van der Waals surface area (Å²) in [5.41, 5.74) is 5.77. The molecule has 1 unspecified atom stereocenters.